The highest BCUT2D eigenvalue weighted by molar-refractivity contribution is 5.87. The van der Waals surface area contributed by atoms with E-state index in [0.717, 1.165) is 12.1 Å². The number of carboxylic acid groups (broad SMARTS) is 1. The number of benzene rings is 1. The Balaban J connectivity index is 1.69. The molecule has 1 fully saturated rings. The van der Waals surface area contributed by atoms with Crippen molar-refractivity contribution in [2.24, 2.45) is 0 Å². The molecule has 1 aliphatic rings. The molecule has 1 N–H and O–H groups in total. The van der Waals surface area contributed by atoms with Gasteiger partial charge in [-0.3, -0.25) is 4.90 Å². The van der Waals surface area contributed by atoms with E-state index >= 15 is 0 Å². The maximum Gasteiger partial charge on any atom is 0.416 e. The summed E-state index contributed by atoms with van der Waals surface area (Å²) in [5.41, 5.74) is -0.175. The summed E-state index contributed by atoms with van der Waals surface area (Å²) in [6, 6.07) is 6.55. The highest BCUT2D eigenvalue weighted by Crippen LogP contribution is 2.32. The van der Waals surface area contributed by atoms with E-state index in [1.54, 1.807) is 6.07 Å². The van der Waals surface area contributed by atoms with Crippen LogP contribution in [0.25, 0.3) is 0 Å². The number of hydrogen-bond acceptors (Lipinski definition) is 4. The van der Waals surface area contributed by atoms with Gasteiger partial charge in [0.25, 0.3) is 0 Å². The second-order valence-electron chi connectivity index (χ2n) is 5.82. The number of carboxylic acids is 1. The van der Waals surface area contributed by atoms with Crippen molar-refractivity contribution in [3.05, 3.63) is 59.0 Å². The number of hydrogen-bond donors (Lipinski definition) is 1. The second-order valence-corrected chi connectivity index (χ2v) is 5.82. The van der Waals surface area contributed by atoms with Gasteiger partial charge in [0.1, 0.15) is 12.0 Å². The van der Waals surface area contributed by atoms with Gasteiger partial charge in [0.2, 0.25) is 0 Å². The molecular weight excluding hydrogens is 339 g/mol. The summed E-state index contributed by atoms with van der Waals surface area (Å²) in [5, 5.41) is 8.90. The van der Waals surface area contributed by atoms with Crippen molar-refractivity contribution >= 4 is 5.97 Å². The van der Waals surface area contributed by atoms with Crippen LogP contribution in [0.2, 0.25) is 0 Å². The molecule has 0 radical (unpaired) electrons. The second kappa shape index (κ2) is 6.89. The van der Waals surface area contributed by atoms with Crippen LogP contribution in [0.1, 0.15) is 33.3 Å². The van der Waals surface area contributed by atoms with Gasteiger partial charge >= 0.3 is 12.1 Å². The molecule has 2 heterocycles. The van der Waals surface area contributed by atoms with E-state index in [1.807, 2.05) is 4.90 Å². The Kier molecular flexibility index (Phi) is 4.82. The van der Waals surface area contributed by atoms with E-state index in [-0.39, 0.29) is 5.56 Å². The summed E-state index contributed by atoms with van der Waals surface area (Å²) in [6.07, 6.45) is -3.71. The molecule has 0 aliphatic carbocycles. The zero-order chi connectivity index (χ0) is 18.0. The lowest BCUT2D eigenvalue weighted by Crippen LogP contribution is -2.37. The van der Waals surface area contributed by atoms with Crippen LogP contribution in [0.15, 0.2) is 41.0 Å². The molecular formula is C17H16F3NO4. The number of halogens is 3. The third-order valence-corrected chi connectivity index (χ3v) is 4.02. The first-order chi connectivity index (χ1) is 11.8. The minimum absolute atomic E-state index is 0.0673. The Bertz CT molecular complexity index is 756. The molecule has 0 bridgehead atoms. The fourth-order valence-electron chi connectivity index (χ4n) is 2.76. The van der Waals surface area contributed by atoms with Crippen molar-refractivity contribution in [1.82, 2.24) is 4.90 Å². The average Bonchev–Trinajstić information content (AvgIpc) is 3.03. The summed E-state index contributed by atoms with van der Waals surface area (Å²) >= 11 is 0. The molecule has 1 aromatic heterocycles. The van der Waals surface area contributed by atoms with E-state index in [9.17, 15) is 18.0 Å². The molecule has 1 atom stereocenters. The minimum Gasteiger partial charge on any atom is -0.478 e. The Morgan fingerprint density at radius 3 is 2.80 bits per heavy atom. The molecule has 0 amide bonds. The summed E-state index contributed by atoms with van der Waals surface area (Å²) in [7, 11) is 0. The summed E-state index contributed by atoms with van der Waals surface area (Å²) in [4.78, 5) is 12.8. The number of morpholine rings is 1. The molecule has 25 heavy (non-hydrogen) atoms. The van der Waals surface area contributed by atoms with Gasteiger partial charge < -0.3 is 14.3 Å². The lowest BCUT2D eigenvalue weighted by Gasteiger charge is -2.32. The van der Waals surface area contributed by atoms with Crippen molar-refractivity contribution in [2.75, 3.05) is 19.7 Å². The number of carbonyl (C=O) groups is 1. The van der Waals surface area contributed by atoms with E-state index < -0.39 is 23.8 Å². The first kappa shape index (κ1) is 17.5. The number of rotatable bonds is 4. The molecule has 1 saturated heterocycles. The lowest BCUT2D eigenvalue weighted by atomic mass is 10.0. The third kappa shape index (κ3) is 4.21. The minimum atomic E-state index is -4.40. The molecule has 1 aliphatic heterocycles. The van der Waals surface area contributed by atoms with Crippen molar-refractivity contribution in [3.8, 4) is 0 Å². The monoisotopic (exact) mass is 355 g/mol. The predicted molar refractivity (Wildman–Crippen MR) is 81.1 cm³/mol. The van der Waals surface area contributed by atoms with Crippen LogP contribution in [0.5, 0.6) is 0 Å². The van der Waals surface area contributed by atoms with Gasteiger partial charge in [-0.1, -0.05) is 12.1 Å². The largest absolute Gasteiger partial charge is 0.478 e. The molecule has 134 valence electrons. The van der Waals surface area contributed by atoms with Crippen LogP contribution < -0.4 is 0 Å². The maximum atomic E-state index is 12.9. The number of nitrogens with zero attached hydrogens (tertiary/aromatic N) is 1. The standard InChI is InChI=1S/C17H16F3NO4/c18-17(19,20)13-3-1-2-11(6-13)15-9-21(4-5-24-15)8-14-7-12(10-25-14)16(22)23/h1-3,6-7,10,15H,4-5,8-9H2,(H,22,23). The fourth-order valence-corrected chi connectivity index (χ4v) is 2.76. The molecule has 5 nitrogen and oxygen atoms in total. The van der Waals surface area contributed by atoms with Crippen molar-refractivity contribution < 1.29 is 32.2 Å². The van der Waals surface area contributed by atoms with Crippen LogP contribution in [0, 0.1) is 0 Å². The van der Waals surface area contributed by atoms with Crippen LogP contribution in [-0.2, 0) is 17.5 Å². The summed E-state index contributed by atoms with van der Waals surface area (Å²) in [5.74, 6) is -0.582. The van der Waals surface area contributed by atoms with Crippen molar-refractivity contribution in [1.29, 1.82) is 0 Å². The van der Waals surface area contributed by atoms with Gasteiger partial charge in [-0.15, -0.1) is 0 Å². The normalized spacial score (nSPS) is 19.1. The van der Waals surface area contributed by atoms with Gasteiger partial charge in [0.15, 0.2) is 0 Å². The zero-order valence-electron chi connectivity index (χ0n) is 13.1. The quantitative estimate of drug-likeness (QED) is 0.908. The number of alkyl halides is 3. The first-order valence-electron chi connectivity index (χ1n) is 7.65. The third-order valence-electron chi connectivity index (χ3n) is 4.02. The molecule has 0 saturated carbocycles. The molecule has 0 spiro atoms. The van der Waals surface area contributed by atoms with E-state index in [1.165, 1.54) is 18.4 Å². The highest BCUT2D eigenvalue weighted by Gasteiger charge is 2.32. The predicted octanol–water partition coefficient (Wildman–Crippen LogP) is 3.57. The number of ether oxygens (including phenoxy) is 1. The smallest absolute Gasteiger partial charge is 0.416 e. The van der Waals surface area contributed by atoms with E-state index in [0.29, 0.717) is 37.6 Å². The number of furan rings is 1. The SMILES string of the molecule is O=C(O)c1coc(CN2CCOC(c3cccc(C(F)(F)F)c3)C2)c1. The summed E-state index contributed by atoms with van der Waals surface area (Å²) < 4.78 is 49.4. The Labute approximate surface area is 141 Å². The molecule has 1 aromatic carbocycles. The topological polar surface area (TPSA) is 62.9 Å². The summed E-state index contributed by atoms with van der Waals surface area (Å²) in [6.45, 7) is 1.71. The first-order valence-corrected chi connectivity index (χ1v) is 7.65. The van der Waals surface area contributed by atoms with Crippen molar-refractivity contribution in [3.63, 3.8) is 0 Å². The highest BCUT2D eigenvalue weighted by atomic mass is 19.4. The zero-order valence-corrected chi connectivity index (χ0v) is 13.1. The van der Waals surface area contributed by atoms with Crippen LogP contribution in [0.4, 0.5) is 13.2 Å². The Morgan fingerprint density at radius 1 is 1.32 bits per heavy atom. The van der Waals surface area contributed by atoms with Gasteiger partial charge in [0, 0.05) is 13.1 Å². The molecule has 2 aromatic rings. The molecule has 8 heteroatoms. The molecule has 1 unspecified atom stereocenters. The maximum absolute atomic E-state index is 12.9. The molecule has 3 rings (SSSR count). The Hall–Kier alpha value is -2.32. The van der Waals surface area contributed by atoms with Gasteiger partial charge in [-0.25, -0.2) is 4.79 Å². The van der Waals surface area contributed by atoms with Crippen LogP contribution >= 0.6 is 0 Å². The van der Waals surface area contributed by atoms with Crippen molar-refractivity contribution in [2.45, 2.75) is 18.8 Å². The van der Waals surface area contributed by atoms with Gasteiger partial charge in [-0.05, 0) is 23.8 Å². The lowest BCUT2D eigenvalue weighted by molar-refractivity contribution is -0.137. The van der Waals surface area contributed by atoms with Gasteiger partial charge in [0.05, 0.1) is 30.4 Å². The van der Waals surface area contributed by atoms with Crippen LogP contribution in [0.3, 0.4) is 0 Å². The van der Waals surface area contributed by atoms with E-state index in [4.69, 9.17) is 14.3 Å². The Morgan fingerprint density at radius 2 is 2.12 bits per heavy atom. The van der Waals surface area contributed by atoms with Crippen LogP contribution in [-0.4, -0.2) is 35.7 Å². The average molecular weight is 355 g/mol. The fraction of sp³-hybridized carbons (Fsp3) is 0.353. The number of aromatic carboxylic acids is 1. The van der Waals surface area contributed by atoms with E-state index in [2.05, 4.69) is 0 Å². The van der Waals surface area contributed by atoms with Gasteiger partial charge in [-0.2, -0.15) is 13.2 Å².